The number of carbonyl (C=O) groups excluding carboxylic acids is 1. The van der Waals surface area contributed by atoms with Crippen molar-refractivity contribution in [3.63, 3.8) is 0 Å². The number of hydrogen-bond donors (Lipinski definition) is 2. The molecular formula is C10H21N3O. The molecular weight excluding hydrogens is 178 g/mol. The summed E-state index contributed by atoms with van der Waals surface area (Å²) in [6.07, 6.45) is 2.22. The molecule has 4 nitrogen and oxygen atoms in total. The fraction of sp³-hybridized carbons (Fsp3) is 0.900. The minimum absolute atomic E-state index is 0.0536. The molecule has 82 valence electrons. The molecule has 0 radical (unpaired) electrons. The normalized spacial score (nSPS) is 24.5. The van der Waals surface area contributed by atoms with Crippen molar-refractivity contribution in [2.45, 2.75) is 32.7 Å². The molecule has 0 aromatic rings. The lowest BCUT2D eigenvalue weighted by Crippen LogP contribution is -2.48. The summed E-state index contributed by atoms with van der Waals surface area (Å²) >= 11 is 0. The first-order valence-corrected chi connectivity index (χ1v) is 5.43. The summed E-state index contributed by atoms with van der Waals surface area (Å²) in [5, 5.41) is 2.82. The van der Waals surface area contributed by atoms with E-state index in [1.54, 1.807) is 0 Å². The Morgan fingerprint density at radius 2 is 2.43 bits per heavy atom. The molecule has 0 saturated carbocycles. The van der Waals surface area contributed by atoms with Gasteiger partial charge in [-0.25, -0.2) is 4.79 Å². The number of likely N-dealkylation sites (tertiary alicyclic amines) is 1. The molecule has 1 fully saturated rings. The van der Waals surface area contributed by atoms with Gasteiger partial charge in [-0.15, -0.1) is 0 Å². The van der Waals surface area contributed by atoms with Gasteiger partial charge in [-0.3, -0.25) is 0 Å². The van der Waals surface area contributed by atoms with E-state index in [0.29, 0.717) is 12.5 Å². The molecule has 0 aromatic carbocycles. The molecule has 2 amide bonds. The summed E-state index contributed by atoms with van der Waals surface area (Å²) in [5.41, 5.74) is 5.85. The van der Waals surface area contributed by atoms with Crippen molar-refractivity contribution < 1.29 is 4.79 Å². The Labute approximate surface area is 85.8 Å². The zero-order valence-electron chi connectivity index (χ0n) is 9.12. The van der Waals surface area contributed by atoms with E-state index in [2.05, 4.69) is 5.32 Å². The van der Waals surface area contributed by atoms with Gasteiger partial charge in [0.15, 0.2) is 0 Å². The molecule has 2 unspecified atom stereocenters. The lowest BCUT2D eigenvalue weighted by atomic mass is 9.92. The van der Waals surface area contributed by atoms with Crippen LogP contribution in [0.1, 0.15) is 26.7 Å². The maximum atomic E-state index is 11.5. The molecule has 0 aliphatic carbocycles. The van der Waals surface area contributed by atoms with Gasteiger partial charge >= 0.3 is 6.03 Å². The molecule has 0 bridgehead atoms. The van der Waals surface area contributed by atoms with Crippen LogP contribution in [0.5, 0.6) is 0 Å². The zero-order chi connectivity index (χ0) is 10.6. The highest BCUT2D eigenvalue weighted by Crippen LogP contribution is 2.18. The highest BCUT2D eigenvalue weighted by molar-refractivity contribution is 5.74. The van der Waals surface area contributed by atoms with Crippen molar-refractivity contribution in [1.82, 2.24) is 10.2 Å². The minimum atomic E-state index is 0.0536. The number of urea groups is 1. The third-order valence-corrected chi connectivity index (χ3v) is 2.82. The first-order valence-electron chi connectivity index (χ1n) is 5.43. The van der Waals surface area contributed by atoms with Crippen LogP contribution < -0.4 is 11.1 Å². The Morgan fingerprint density at radius 3 is 3.00 bits per heavy atom. The number of rotatable bonds is 2. The zero-order valence-corrected chi connectivity index (χ0v) is 9.12. The summed E-state index contributed by atoms with van der Waals surface area (Å²) in [7, 11) is 0. The Morgan fingerprint density at radius 1 is 1.71 bits per heavy atom. The van der Waals surface area contributed by atoms with Gasteiger partial charge in [0.2, 0.25) is 0 Å². The van der Waals surface area contributed by atoms with Crippen molar-refractivity contribution in [2.24, 2.45) is 11.7 Å². The van der Waals surface area contributed by atoms with Gasteiger partial charge in [0.05, 0.1) is 0 Å². The summed E-state index contributed by atoms with van der Waals surface area (Å²) < 4.78 is 0. The summed E-state index contributed by atoms with van der Waals surface area (Å²) in [5.74, 6) is 0.464. The second-order valence-corrected chi connectivity index (χ2v) is 4.04. The average molecular weight is 199 g/mol. The van der Waals surface area contributed by atoms with Gasteiger partial charge in [-0.05, 0) is 32.6 Å². The van der Waals surface area contributed by atoms with Gasteiger partial charge in [-0.2, -0.15) is 0 Å². The molecule has 14 heavy (non-hydrogen) atoms. The molecule has 2 atom stereocenters. The second kappa shape index (κ2) is 5.20. The van der Waals surface area contributed by atoms with E-state index < -0.39 is 0 Å². The first kappa shape index (κ1) is 11.3. The van der Waals surface area contributed by atoms with Crippen LogP contribution in [-0.2, 0) is 0 Å². The Balaban J connectivity index is 2.43. The molecule has 1 aliphatic rings. The van der Waals surface area contributed by atoms with Crippen molar-refractivity contribution in [3.05, 3.63) is 0 Å². The van der Waals surface area contributed by atoms with Gasteiger partial charge in [-0.1, -0.05) is 0 Å². The van der Waals surface area contributed by atoms with Crippen molar-refractivity contribution >= 4 is 6.03 Å². The smallest absolute Gasteiger partial charge is 0.317 e. The monoisotopic (exact) mass is 199 g/mol. The van der Waals surface area contributed by atoms with Crippen LogP contribution in [0.3, 0.4) is 0 Å². The van der Waals surface area contributed by atoms with Gasteiger partial charge < -0.3 is 16.0 Å². The van der Waals surface area contributed by atoms with Crippen molar-refractivity contribution in [1.29, 1.82) is 0 Å². The maximum absolute atomic E-state index is 11.5. The topological polar surface area (TPSA) is 58.4 Å². The SMILES string of the molecule is CCNC(=O)N1CCCC(C(C)N)C1. The van der Waals surface area contributed by atoms with E-state index in [1.807, 2.05) is 18.7 Å². The van der Waals surface area contributed by atoms with Crippen LogP contribution >= 0.6 is 0 Å². The summed E-state index contributed by atoms with van der Waals surface area (Å²) in [4.78, 5) is 13.4. The Kier molecular flexibility index (Phi) is 4.20. The number of amides is 2. The molecule has 3 N–H and O–H groups in total. The fourth-order valence-electron chi connectivity index (χ4n) is 1.89. The van der Waals surface area contributed by atoms with Crippen LogP contribution in [-0.4, -0.2) is 36.6 Å². The van der Waals surface area contributed by atoms with Crippen molar-refractivity contribution in [3.8, 4) is 0 Å². The standard InChI is InChI=1S/C10H21N3O/c1-3-12-10(14)13-6-4-5-9(7-13)8(2)11/h8-9H,3-7,11H2,1-2H3,(H,12,14). The van der Waals surface area contributed by atoms with E-state index >= 15 is 0 Å². The van der Waals surface area contributed by atoms with Gasteiger partial charge in [0.25, 0.3) is 0 Å². The van der Waals surface area contributed by atoms with E-state index in [1.165, 1.54) is 0 Å². The van der Waals surface area contributed by atoms with E-state index in [4.69, 9.17) is 5.73 Å². The molecule has 1 aliphatic heterocycles. The molecule has 0 spiro atoms. The molecule has 1 saturated heterocycles. The highest BCUT2D eigenvalue weighted by atomic mass is 16.2. The van der Waals surface area contributed by atoms with Crippen LogP contribution in [0.15, 0.2) is 0 Å². The largest absolute Gasteiger partial charge is 0.338 e. The van der Waals surface area contributed by atoms with Crippen LogP contribution in [0.2, 0.25) is 0 Å². The van der Waals surface area contributed by atoms with Crippen molar-refractivity contribution in [2.75, 3.05) is 19.6 Å². The molecule has 1 rings (SSSR count). The predicted molar refractivity (Wildman–Crippen MR) is 57.0 cm³/mol. The molecule has 4 heteroatoms. The molecule has 1 heterocycles. The maximum Gasteiger partial charge on any atom is 0.317 e. The quantitative estimate of drug-likeness (QED) is 0.690. The third-order valence-electron chi connectivity index (χ3n) is 2.82. The van der Waals surface area contributed by atoms with Crippen LogP contribution in [0, 0.1) is 5.92 Å². The average Bonchev–Trinajstić information content (AvgIpc) is 2.18. The number of nitrogens with two attached hydrogens (primary N) is 1. The number of nitrogens with one attached hydrogen (secondary N) is 1. The van der Waals surface area contributed by atoms with Gasteiger partial charge in [0.1, 0.15) is 0 Å². The van der Waals surface area contributed by atoms with Crippen LogP contribution in [0.4, 0.5) is 4.79 Å². The number of carbonyl (C=O) groups is 1. The fourth-order valence-corrected chi connectivity index (χ4v) is 1.89. The summed E-state index contributed by atoms with van der Waals surface area (Å²) in [6, 6.07) is 0.241. The number of piperidine rings is 1. The highest BCUT2D eigenvalue weighted by Gasteiger charge is 2.25. The third kappa shape index (κ3) is 2.87. The first-order chi connectivity index (χ1) is 6.65. The Bertz CT molecular complexity index is 194. The van der Waals surface area contributed by atoms with Crippen LogP contribution in [0.25, 0.3) is 0 Å². The van der Waals surface area contributed by atoms with E-state index in [-0.39, 0.29) is 12.1 Å². The van der Waals surface area contributed by atoms with E-state index in [0.717, 1.165) is 25.9 Å². The van der Waals surface area contributed by atoms with E-state index in [9.17, 15) is 4.79 Å². The van der Waals surface area contributed by atoms with Gasteiger partial charge in [0, 0.05) is 25.7 Å². The number of nitrogens with zero attached hydrogens (tertiary/aromatic N) is 1. The predicted octanol–water partition coefficient (Wildman–Crippen LogP) is 0.775. The minimum Gasteiger partial charge on any atom is -0.338 e. The molecule has 0 aromatic heterocycles. The summed E-state index contributed by atoms with van der Waals surface area (Å²) in [6.45, 7) is 6.33. The Hall–Kier alpha value is -0.770. The second-order valence-electron chi connectivity index (χ2n) is 4.04. The lowest BCUT2D eigenvalue weighted by Gasteiger charge is -2.34. The lowest BCUT2D eigenvalue weighted by molar-refractivity contribution is 0.159. The number of hydrogen-bond acceptors (Lipinski definition) is 2.